The van der Waals surface area contributed by atoms with Gasteiger partial charge in [-0.15, -0.1) is 0 Å². The minimum absolute atomic E-state index is 0.0754. The van der Waals surface area contributed by atoms with Crippen molar-refractivity contribution in [1.29, 1.82) is 0 Å². The van der Waals surface area contributed by atoms with Gasteiger partial charge in [-0.3, -0.25) is 4.79 Å². The average molecular weight is 387 g/mol. The predicted octanol–water partition coefficient (Wildman–Crippen LogP) is 2.78. The van der Waals surface area contributed by atoms with Crippen LogP contribution >= 0.6 is 0 Å². The highest BCUT2D eigenvalue weighted by atomic mass is 32.2. The lowest BCUT2D eigenvalue weighted by atomic mass is 9.81. The zero-order valence-electron chi connectivity index (χ0n) is 15.6. The number of hydrogen-bond donors (Lipinski definition) is 2. The molecule has 2 aromatic carbocycles. The summed E-state index contributed by atoms with van der Waals surface area (Å²) in [5.74, 6) is -0.407. The van der Waals surface area contributed by atoms with E-state index in [1.54, 1.807) is 54.6 Å². The molecule has 2 N–H and O–H groups in total. The van der Waals surface area contributed by atoms with Crippen molar-refractivity contribution in [1.82, 2.24) is 10.6 Å². The molecule has 1 saturated heterocycles. The first-order chi connectivity index (χ1) is 12.9. The van der Waals surface area contributed by atoms with Gasteiger partial charge in [-0.25, -0.2) is 8.42 Å². The SMILES string of the molecule is CC1(CNC(=O)c2ccccc2CS(=O)(=O)c2ccccc2)CCNCC1. The molecule has 3 rings (SSSR count). The molecule has 2 aromatic rings. The van der Waals surface area contributed by atoms with Crippen LogP contribution in [0.4, 0.5) is 0 Å². The minimum atomic E-state index is -3.51. The van der Waals surface area contributed by atoms with Crippen LogP contribution in [0.2, 0.25) is 0 Å². The summed E-state index contributed by atoms with van der Waals surface area (Å²) in [6, 6.07) is 15.3. The summed E-state index contributed by atoms with van der Waals surface area (Å²) in [6.45, 7) is 4.68. The monoisotopic (exact) mass is 386 g/mol. The largest absolute Gasteiger partial charge is 0.351 e. The molecule has 0 bridgehead atoms. The van der Waals surface area contributed by atoms with E-state index in [9.17, 15) is 13.2 Å². The average Bonchev–Trinajstić information content (AvgIpc) is 2.68. The van der Waals surface area contributed by atoms with Gasteiger partial charge >= 0.3 is 0 Å². The normalized spacial score (nSPS) is 16.6. The lowest BCUT2D eigenvalue weighted by Crippen LogP contribution is -2.43. The van der Waals surface area contributed by atoms with Crippen molar-refractivity contribution in [3.8, 4) is 0 Å². The van der Waals surface area contributed by atoms with Crippen LogP contribution in [-0.2, 0) is 15.6 Å². The van der Waals surface area contributed by atoms with Crippen LogP contribution in [-0.4, -0.2) is 34.0 Å². The number of piperidine rings is 1. The van der Waals surface area contributed by atoms with E-state index >= 15 is 0 Å². The van der Waals surface area contributed by atoms with Crippen molar-refractivity contribution >= 4 is 15.7 Å². The van der Waals surface area contributed by atoms with Crippen LogP contribution in [0.5, 0.6) is 0 Å². The summed E-state index contributed by atoms with van der Waals surface area (Å²) < 4.78 is 25.4. The second-order valence-corrected chi connectivity index (χ2v) is 9.46. The summed E-state index contributed by atoms with van der Waals surface area (Å²) in [7, 11) is -3.51. The first kappa shape index (κ1) is 19.6. The van der Waals surface area contributed by atoms with Gasteiger partial charge in [0.1, 0.15) is 0 Å². The summed E-state index contributed by atoms with van der Waals surface area (Å²) >= 11 is 0. The van der Waals surface area contributed by atoms with Crippen molar-refractivity contribution in [3.63, 3.8) is 0 Å². The molecule has 0 radical (unpaired) electrons. The van der Waals surface area contributed by atoms with Crippen LogP contribution < -0.4 is 10.6 Å². The van der Waals surface area contributed by atoms with Gasteiger partial charge < -0.3 is 10.6 Å². The number of sulfone groups is 1. The summed E-state index contributed by atoms with van der Waals surface area (Å²) in [4.78, 5) is 13.0. The van der Waals surface area contributed by atoms with Crippen molar-refractivity contribution in [2.45, 2.75) is 30.4 Å². The Kier molecular flexibility index (Phi) is 5.97. The maximum Gasteiger partial charge on any atom is 0.251 e. The number of amides is 1. The van der Waals surface area contributed by atoms with Crippen molar-refractivity contribution in [2.24, 2.45) is 5.41 Å². The lowest BCUT2D eigenvalue weighted by Gasteiger charge is -2.34. The molecule has 5 nitrogen and oxygen atoms in total. The van der Waals surface area contributed by atoms with Crippen LogP contribution in [0.15, 0.2) is 59.5 Å². The Morgan fingerprint density at radius 3 is 2.37 bits per heavy atom. The fourth-order valence-electron chi connectivity index (χ4n) is 3.38. The van der Waals surface area contributed by atoms with Crippen LogP contribution in [0, 0.1) is 5.41 Å². The van der Waals surface area contributed by atoms with Gasteiger partial charge in [0.25, 0.3) is 5.91 Å². The van der Waals surface area contributed by atoms with E-state index in [4.69, 9.17) is 0 Å². The van der Waals surface area contributed by atoms with Gasteiger partial charge in [0.15, 0.2) is 9.84 Å². The topological polar surface area (TPSA) is 75.3 Å². The molecule has 144 valence electrons. The molecule has 6 heteroatoms. The van der Waals surface area contributed by atoms with Gasteiger partial charge in [0, 0.05) is 12.1 Å². The van der Waals surface area contributed by atoms with E-state index < -0.39 is 9.84 Å². The lowest BCUT2D eigenvalue weighted by molar-refractivity contribution is 0.0921. The van der Waals surface area contributed by atoms with Crippen molar-refractivity contribution in [3.05, 3.63) is 65.7 Å². The Bertz CT molecular complexity index is 889. The third kappa shape index (κ3) is 4.96. The highest BCUT2D eigenvalue weighted by molar-refractivity contribution is 7.90. The Hall–Kier alpha value is -2.18. The van der Waals surface area contributed by atoms with E-state index in [1.807, 2.05) is 0 Å². The standard InChI is InChI=1S/C21H26N2O3S/c1-21(11-13-22-14-12-21)16-23-20(24)19-10-6-5-7-17(19)15-27(25,26)18-8-3-2-4-9-18/h2-10,22H,11-16H2,1H3,(H,23,24). The summed E-state index contributed by atoms with van der Waals surface area (Å²) in [5.41, 5.74) is 1.02. The first-order valence-corrected chi connectivity index (χ1v) is 10.9. The summed E-state index contributed by atoms with van der Waals surface area (Å²) in [5, 5.41) is 6.34. The Morgan fingerprint density at radius 1 is 1.04 bits per heavy atom. The highest BCUT2D eigenvalue weighted by Gasteiger charge is 2.27. The van der Waals surface area contributed by atoms with Gasteiger partial charge in [0.05, 0.1) is 10.6 Å². The van der Waals surface area contributed by atoms with E-state index in [-0.39, 0.29) is 22.0 Å². The molecule has 0 aliphatic carbocycles. The molecule has 0 atom stereocenters. The van der Waals surface area contributed by atoms with Gasteiger partial charge in [-0.1, -0.05) is 43.3 Å². The van der Waals surface area contributed by atoms with Crippen LogP contribution in [0.3, 0.4) is 0 Å². The maximum absolute atomic E-state index is 12.8. The zero-order valence-corrected chi connectivity index (χ0v) is 16.4. The fraction of sp³-hybridized carbons (Fsp3) is 0.381. The third-order valence-electron chi connectivity index (χ3n) is 5.20. The summed E-state index contributed by atoms with van der Waals surface area (Å²) in [6.07, 6.45) is 2.02. The minimum Gasteiger partial charge on any atom is -0.351 e. The van der Waals surface area contributed by atoms with Crippen LogP contribution in [0.1, 0.15) is 35.7 Å². The van der Waals surface area contributed by atoms with Crippen LogP contribution in [0.25, 0.3) is 0 Å². The van der Waals surface area contributed by atoms with E-state index in [1.165, 1.54) is 0 Å². The molecule has 1 aliphatic heterocycles. The number of rotatable bonds is 6. The van der Waals surface area contributed by atoms with E-state index in [2.05, 4.69) is 17.6 Å². The van der Waals surface area contributed by atoms with Gasteiger partial charge in [-0.05, 0) is 55.1 Å². The van der Waals surface area contributed by atoms with Gasteiger partial charge in [-0.2, -0.15) is 0 Å². The molecule has 0 aromatic heterocycles. The Balaban J connectivity index is 1.74. The van der Waals surface area contributed by atoms with Crippen molar-refractivity contribution < 1.29 is 13.2 Å². The number of hydrogen-bond acceptors (Lipinski definition) is 4. The smallest absolute Gasteiger partial charge is 0.251 e. The maximum atomic E-state index is 12.8. The molecule has 1 fully saturated rings. The first-order valence-electron chi connectivity index (χ1n) is 9.24. The number of nitrogens with one attached hydrogen (secondary N) is 2. The van der Waals surface area contributed by atoms with E-state index in [0.717, 1.165) is 25.9 Å². The molecule has 1 aliphatic rings. The molecular formula is C21H26N2O3S. The molecule has 1 heterocycles. The Labute approximate surface area is 161 Å². The number of benzene rings is 2. The number of carbonyl (C=O) groups excluding carboxylic acids is 1. The van der Waals surface area contributed by atoms with Crippen molar-refractivity contribution in [2.75, 3.05) is 19.6 Å². The highest BCUT2D eigenvalue weighted by Crippen LogP contribution is 2.27. The zero-order chi connectivity index (χ0) is 19.3. The molecule has 0 saturated carbocycles. The fourth-order valence-corrected chi connectivity index (χ4v) is 4.78. The second kappa shape index (κ2) is 8.23. The quantitative estimate of drug-likeness (QED) is 0.801. The molecule has 1 amide bonds. The third-order valence-corrected chi connectivity index (χ3v) is 6.88. The molecule has 27 heavy (non-hydrogen) atoms. The van der Waals surface area contributed by atoms with Gasteiger partial charge in [0.2, 0.25) is 0 Å². The second-order valence-electron chi connectivity index (χ2n) is 7.47. The molecule has 0 unspecified atom stereocenters. The predicted molar refractivity (Wildman–Crippen MR) is 106 cm³/mol. The van der Waals surface area contributed by atoms with E-state index in [0.29, 0.717) is 17.7 Å². The molecular weight excluding hydrogens is 360 g/mol. The molecule has 0 spiro atoms. The number of carbonyl (C=O) groups is 1. The Morgan fingerprint density at radius 2 is 1.67 bits per heavy atom.